The summed E-state index contributed by atoms with van der Waals surface area (Å²) in [6.07, 6.45) is 1.03. The molecule has 0 aromatic heterocycles. The molecule has 2 nitrogen and oxygen atoms in total. The van der Waals surface area contributed by atoms with Gasteiger partial charge >= 0.3 is 0 Å². The van der Waals surface area contributed by atoms with Gasteiger partial charge in [-0.15, -0.1) is 0 Å². The lowest BCUT2D eigenvalue weighted by molar-refractivity contribution is 1.12. The van der Waals surface area contributed by atoms with E-state index >= 15 is 0 Å². The van der Waals surface area contributed by atoms with Crippen LogP contribution < -0.4 is 4.90 Å². The quantitative estimate of drug-likeness (QED) is 0.637. The first-order valence-corrected chi connectivity index (χ1v) is 4.61. The summed E-state index contributed by atoms with van der Waals surface area (Å²) in [5.74, 6) is 0. The standard InChI is InChI=1S/C11H12N2/c1-2-9-5-3-4-6-11(9)13-8-10(13)7-12/h3-6,10H,2,8H2,1H3. The molecule has 0 aliphatic carbocycles. The van der Waals surface area contributed by atoms with Crippen molar-refractivity contribution in [1.29, 1.82) is 5.26 Å². The first-order valence-electron chi connectivity index (χ1n) is 4.61. The number of nitriles is 1. The Morgan fingerprint density at radius 1 is 1.54 bits per heavy atom. The van der Waals surface area contributed by atoms with Crippen LogP contribution in [0.4, 0.5) is 5.69 Å². The molecule has 0 bridgehead atoms. The van der Waals surface area contributed by atoms with Crippen molar-refractivity contribution in [1.82, 2.24) is 0 Å². The van der Waals surface area contributed by atoms with Gasteiger partial charge in [0.25, 0.3) is 0 Å². The molecule has 1 aliphatic rings. The third kappa shape index (κ3) is 1.38. The highest BCUT2D eigenvalue weighted by Crippen LogP contribution is 2.30. The van der Waals surface area contributed by atoms with Crippen molar-refractivity contribution in [2.75, 3.05) is 11.4 Å². The maximum absolute atomic E-state index is 8.71. The second-order valence-corrected chi connectivity index (χ2v) is 3.28. The van der Waals surface area contributed by atoms with E-state index in [-0.39, 0.29) is 6.04 Å². The van der Waals surface area contributed by atoms with Crippen LogP contribution in [0.2, 0.25) is 0 Å². The fourth-order valence-electron chi connectivity index (χ4n) is 1.61. The largest absolute Gasteiger partial charge is 0.351 e. The van der Waals surface area contributed by atoms with Crippen molar-refractivity contribution in [2.24, 2.45) is 0 Å². The fourth-order valence-corrected chi connectivity index (χ4v) is 1.61. The van der Waals surface area contributed by atoms with Crippen LogP contribution >= 0.6 is 0 Å². The first-order chi connectivity index (χ1) is 6.36. The Hall–Kier alpha value is -1.49. The zero-order chi connectivity index (χ0) is 9.26. The molecule has 0 N–H and O–H groups in total. The molecular weight excluding hydrogens is 160 g/mol. The van der Waals surface area contributed by atoms with E-state index < -0.39 is 0 Å². The summed E-state index contributed by atoms with van der Waals surface area (Å²) in [6.45, 7) is 3.04. The van der Waals surface area contributed by atoms with Gasteiger partial charge in [0.05, 0.1) is 12.6 Å². The highest BCUT2D eigenvalue weighted by Gasteiger charge is 2.34. The normalized spacial score (nSPS) is 19.7. The summed E-state index contributed by atoms with van der Waals surface area (Å²) in [6, 6.07) is 10.7. The molecule has 1 fully saturated rings. The number of benzene rings is 1. The van der Waals surface area contributed by atoms with Gasteiger partial charge in [-0.05, 0) is 18.1 Å². The molecule has 1 aliphatic heterocycles. The van der Waals surface area contributed by atoms with Crippen LogP contribution in [-0.2, 0) is 6.42 Å². The lowest BCUT2D eigenvalue weighted by Gasteiger charge is -2.08. The van der Waals surface area contributed by atoms with Gasteiger partial charge < -0.3 is 4.90 Å². The van der Waals surface area contributed by atoms with Gasteiger partial charge in [-0.2, -0.15) is 5.26 Å². The molecule has 13 heavy (non-hydrogen) atoms. The van der Waals surface area contributed by atoms with Gasteiger partial charge in [-0.3, -0.25) is 0 Å². The zero-order valence-corrected chi connectivity index (χ0v) is 7.70. The molecule has 2 rings (SSSR count). The minimum atomic E-state index is 0.118. The molecule has 1 atom stereocenters. The highest BCUT2D eigenvalue weighted by molar-refractivity contribution is 5.61. The van der Waals surface area contributed by atoms with Crippen molar-refractivity contribution >= 4 is 5.69 Å². The number of hydrogen-bond acceptors (Lipinski definition) is 2. The summed E-state index contributed by atoms with van der Waals surface area (Å²) in [5.41, 5.74) is 2.57. The van der Waals surface area contributed by atoms with Crippen LogP contribution in [0.5, 0.6) is 0 Å². The number of rotatable bonds is 2. The molecule has 1 unspecified atom stereocenters. The monoisotopic (exact) mass is 172 g/mol. The van der Waals surface area contributed by atoms with E-state index in [4.69, 9.17) is 5.26 Å². The van der Waals surface area contributed by atoms with Crippen LogP contribution in [0.15, 0.2) is 24.3 Å². The molecular formula is C11H12N2. The number of anilines is 1. The molecule has 1 aromatic rings. The Bertz CT molecular complexity index is 351. The Morgan fingerprint density at radius 3 is 2.92 bits per heavy atom. The second kappa shape index (κ2) is 3.10. The van der Waals surface area contributed by atoms with E-state index in [0.29, 0.717) is 0 Å². The van der Waals surface area contributed by atoms with Crippen molar-refractivity contribution in [3.8, 4) is 6.07 Å². The Balaban J connectivity index is 2.26. The third-order valence-electron chi connectivity index (χ3n) is 2.44. The van der Waals surface area contributed by atoms with Gasteiger partial charge in [-0.25, -0.2) is 0 Å². The minimum absolute atomic E-state index is 0.118. The SMILES string of the molecule is CCc1ccccc1N1CC1C#N. The summed E-state index contributed by atoms with van der Waals surface area (Å²) in [4.78, 5) is 2.14. The van der Waals surface area contributed by atoms with Crippen LogP contribution in [0, 0.1) is 11.3 Å². The maximum Gasteiger partial charge on any atom is 0.134 e. The molecule has 66 valence electrons. The predicted octanol–water partition coefficient (Wildman–Crippen LogP) is 1.96. The summed E-state index contributed by atoms with van der Waals surface area (Å²) < 4.78 is 0. The molecule has 0 radical (unpaired) electrons. The summed E-state index contributed by atoms with van der Waals surface area (Å²) in [5, 5.41) is 8.71. The second-order valence-electron chi connectivity index (χ2n) is 3.28. The predicted molar refractivity (Wildman–Crippen MR) is 52.6 cm³/mol. The third-order valence-corrected chi connectivity index (χ3v) is 2.44. The summed E-state index contributed by atoms with van der Waals surface area (Å²) >= 11 is 0. The number of nitrogens with zero attached hydrogens (tertiary/aromatic N) is 2. The number of aryl methyl sites for hydroxylation is 1. The van der Waals surface area contributed by atoms with Crippen molar-refractivity contribution < 1.29 is 0 Å². The highest BCUT2D eigenvalue weighted by atomic mass is 15.3. The van der Waals surface area contributed by atoms with Crippen molar-refractivity contribution in [3.63, 3.8) is 0 Å². The van der Waals surface area contributed by atoms with E-state index in [1.165, 1.54) is 11.3 Å². The van der Waals surface area contributed by atoms with Gasteiger partial charge in [0, 0.05) is 5.69 Å². The van der Waals surface area contributed by atoms with Crippen molar-refractivity contribution in [3.05, 3.63) is 29.8 Å². The molecule has 0 amide bonds. The van der Waals surface area contributed by atoms with Crippen molar-refractivity contribution in [2.45, 2.75) is 19.4 Å². The van der Waals surface area contributed by atoms with Crippen LogP contribution in [0.25, 0.3) is 0 Å². The van der Waals surface area contributed by atoms with E-state index in [1.807, 2.05) is 12.1 Å². The molecule has 1 heterocycles. The molecule has 1 saturated heterocycles. The molecule has 2 heteroatoms. The number of hydrogen-bond donors (Lipinski definition) is 0. The smallest absolute Gasteiger partial charge is 0.134 e. The van der Waals surface area contributed by atoms with Gasteiger partial charge in [-0.1, -0.05) is 25.1 Å². The Labute approximate surface area is 78.4 Å². The van der Waals surface area contributed by atoms with Crippen LogP contribution in [0.1, 0.15) is 12.5 Å². The topological polar surface area (TPSA) is 26.8 Å². The Kier molecular flexibility index (Phi) is 1.94. The van der Waals surface area contributed by atoms with Gasteiger partial charge in [0.1, 0.15) is 6.04 Å². The van der Waals surface area contributed by atoms with Crippen LogP contribution in [0.3, 0.4) is 0 Å². The van der Waals surface area contributed by atoms with E-state index in [2.05, 4.69) is 30.0 Å². The number of para-hydroxylation sites is 1. The fraction of sp³-hybridized carbons (Fsp3) is 0.364. The molecule has 1 aromatic carbocycles. The van der Waals surface area contributed by atoms with Gasteiger partial charge in [0.2, 0.25) is 0 Å². The maximum atomic E-state index is 8.71. The first kappa shape index (κ1) is 8.12. The average molecular weight is 172 g/mol. The Morgan fingerprint density at radius 2 is 2.31 bits per heavy atom. The van der Waals surface area contributed by atoms with E-state index in [0.717, 1.165) is 13.0 Å². The van der Waals surface area contributed by atoms with Gasteiger partial charge in [0.15, 0.2) is 0 Å². The average Bonchev–Trinajstić information content (AvgIpc) is 2.96. The molecule has 0 saturated carbocycles. The van der Waals surface area contributed by atoms with Crippen LogP contribution in [-0.4, -0.2) is 12.6 Å². The lowest BCUT2D eigenvalue weighted by atomic mass is 10.1. The lowest BCUT2D eigenvalue weighted by Crippen LogP contribution is -1.99. The minimum Gasteiger partial charge on any atom is -0.351 e. The van der Waals surface area contributed by atoms with E-state index in [9.17, 15) is 0 Å². The van der Waals surface area contributed by atoms with E-state index in [1.54, 1.807) is 0 Å². The summed E-state index contributed by atoms with van der Waals surface area (Å²) in [7, 11) is 0. The zero-order valence-electron chi connectivity index (χ0n) is 7.70. The molecule has 0 spiro atoms.